The lowest BCUT2D eigenvalue weighted by atomic mass is 10.4. The molecule has 0 N–H and O–H groups in total. The van der Waals surface area contributed by atoms with Gasteiger partial charge >= 0.3 is 0 Å². The van der Waals surface area contributed by atoms with Gasteiger partial charge < -0.3 is 4.48 Å². The number of likely N-dealkylation sites (tertiary alicyclic amines) is 1. The summed E-state index contributed by atoms with van der Waals surface area (Å²) >= 11 is 0. The van der Waals surface area contributed by atoms with Gasteiger partial charge in [0.15, 0.2) is 0 Å². The van der Waals surface area contributed by atoms with Gasteiger partial charge in [-0.3, -0.25) is 0 Å². The molecule has 0 aromatic rings. The minimum absolute atomic E-state index is 0. The number of rotatable bonds is 1. The van der Waals surface area contributed by atoms with Crippen molar-refractivity contribution in [1.82, 2.24) is 0 Å². The second-order valence-corrected chi connectivity index (χ2v) is 3.09. The lowest BCUT2D eigenvalue weighted by Crippen LogP contribution is -2.40. The minimum atomic E-state index is 0. The molecule has 0 bridgehead atoms. The van der Waals surface area contributed by atoms with Crippen LogP contribution in [0.1, 0.15) is 19.8 Å². The Balaban J connectivity index is 0.000000640. The highest BCUT2D eigenvalue weighted by atomic mass is 79.9. The summed E-state index contributed by atoms with van der Waals surface area (Å²) in [6.07, 6.45) is 2.90. The van der Waals surface area contributed by atoms with Gasteiger partial charge in [0.25, 0.3) is 0 Å². The third kappa shape index (κ3) is 2.26. The molecule has 0 unspecified atom stereocenters. The number of nitrogens with zero attached hydrogens (tertiary/aromatic N) is 1. The van der Waals surface area contributed by atoms with Gasteiger partial charge in [0.05, 0.1) is 26.7 Å². The van der Waals surface area contributed by atoms with Crippen molar-refractivity contribution in [2.45, 2.75) is 19.8 Å². The first-order chi connectivity index (χ1) is 3.77. The second-order valence-electron chi connectivity index (χ2n) is 3.09. The summed E-state index contributed by atoms with van der Waals surface area (Å²) in [5, 5.41) is 0. The summed E-state index contributed by atoms with van der Waals surface area (Å²) < 4.78 is 1.32. The molecule has 1 fully saturated rings. The molecule has 1 aliphatic heterocycles. The summed E-state index contributed by atoms with van der Waals surface area (Å²) in [5.74, 6) is 0. The molecule has 0 aromatic carbocycles. The van der Waals surface area contributed by atoms with Crippen molar-refractivity contribution in [1.29, 1.82) is 0 Å². The molecule has 0 atom stereocenters. The third-order valence-corrected chi connectivity index (χ3v) is 2.41. The van der Waals surface area contributed by atoms with Gasteiger partial charge in [0.1, 0.15) is 0 Å². The van der Waals surface area contributed by atoms with Crippen LogP contribution in [0.15, 0.2) is 0 Å². The molecule has 2 heteroatoms. The van der Waals surface area contributed by atoms with E-state index in [0.29, 0.717) is 0 Å². The smallest absolute Gasteiger partial charge is 0.0786 e. The van der Waals surface area contributed by atoms with Crippen molar-refractivity contribution >= 4 is 17.0 Å². The molecule has 1 aliphatic rings. The summed E-state index contributed by atoms with van der Waals surface area (Å²) in [6, 6.07) is 0. The van der Waals surface area contributed by atoms with Crippen molar-refractivity contribution in [2.75, 3.05) is 26.7 Å². The maximum Gasteiger partial charge on any atom is 0.0786 e. The van der Waals surface area contributed by atoms with Crippen molar-refractivity contribution < 1.29 is 4.48 Å². The van der Waals surface area contributed by atoms with E-state index in [9.17, 15) is 0 Å². The standard InChI is InChI=1S/C7H16N.BrH/c1-3-8(2)6-4-5-7-8;/h3-7H2,1-2H3;1H/q+1;. The summed E-state index contributed by atoms with van der Waals surface area (Å²) in [5.41, 5.74) is 0. The molecule has 0 amide bonds. The monoisotopic (exact) mass is 194 g/mol. The van der Waals surface area contributed by atoms with Crippen molar-refractivity contribution in [3.05, 3.63) is 0 Å². The fourth-order valence-electron chi connectivity index (χ4n) is 1.42. The molecular formula is C7H17BrN+. The van der Waals surface area contributed by atoms with Gasteiger partial charge in [-0.15, -0.1) is 17.0 Å². The van der Waals surface area contributed by atoms with Gasteiger partial charge in [-0.1, -0.05) is 0 Å². The molecule has 0 saturated carbocycles. The average Bonchev–Trinajstić information content (AvgIpc) is 2.17. The maximum absolute atomic E-state index is 2.35. The fraction of sp³-hybridized carbons (Fsp3) is 1.00. The van der Waals surface area contributed by atoms with Crippen LogP contribution in [0.5, 0.6) is 0 Å². The highest BCUT2D eigenvalue weighted by molar-refractivity contribution is 8.93. The van der Waals surface area contributed by atoms with Crippen LogP contribution >= 0.6 is 17.0 Å². The lowest BCUT2D eigenvalue weighted by molar-refractivity contribution is -0.895. The van der Waals surface area contributed by atoms with E-state index in [-0.39, 0.29) is 17.0 Å². The predicted molar refractivity (Wildman–Crippen MR) is 46.0 cm³/mol. The normalized spacial score (nSPS) is 23.3. The van der Waals surface area contributed by atoms with E-state index in [0.717, 1.165) is 0 Å². The van der Waals surface area contributed by atoms with Gasteiger partial charge in [-0.2, -0.15) is 0 Å². The first kappa shape index (κ1) is 9.44. The Kier molecular flexibility index (Phi) is 3.74. The lowest BCUT2D eigenvalue weighted by Gasteiger charge is -2.26. The zero-order valence-corrected chi connectivity index (χ0v) is 8.10. The Bertz CT molecular complexity index is 77.0. The van der Waals surface area contributed by atoms with Gasteiger partial charge in [0, 0.05) is 12.8 Å². The zero-order valence-electron chi connectivity index (χ0n) is 6.39. The van der Waals surface area contributed by atoms with E-state index in [4.69, 9.17) is 0 Å². The van der Waals surface area contributed by atoms with E-state index >= 15 is 0 Å². The number of hydrogen-bond donors (Lipinski definition) is 0. The summed E-state index contributed by atoms with van der Waals surface area (Å²) in [7, 11) is 2.35. The molecule has 0 aliphatic carbocycles. The highest BCUT2D eigenvalue weighted by Gasteiger charge is 2.23. The van der Waals surface area contributed by atoms with Crippen molar-refractivity contribution in [3.8, 4) is 0 Å². The van der Waals surface area contributed by atoms with Crippen LogP contribution in [0, 0.1) is 0 Å². The quantitative estimate of drug-likeness (QED) is 0.560. The minimum Gasteiger partial charge on any atom is -0.326 e. The van der Waals surface area contributed by atoms with E-state index in [2.05, 4.69) is 14.0 Å². The Labute approximate surface area is 68.4 Å². The van der Waals surface area contributed by atoms with Crippen LogP contribution in [0.4, 0.5) is 0 Å². The van der Waals surface area contributed by atoms with Gasteiger partial charge in [-0.25, -0.2) is 0 Å². The molecule has 1 heterocycles. The molecular weight excluding hydrogens is 178 g/mol. The van der Waals surface area contributed by atoms with Crippen LogP contribution in [0.3, 0.4) is 0 Å². The van der Waals surface area contributed by atoms with Gasteiger partial charge in [0.2, 0.25) is 0 Å². The number of quaternary nitrogens is 1. The van der Waals surface area contributed by atoms with Crippen molar-refractivity contribution in [3.63, 3.8) is 0 Å². The number of hydrogen-bond acceptors (Lipinski definition) is 0. The molecule has 1 rings (SSSR count). The Morgan fingerprint density at radius 1 is 1.22 bits per heavy atom. The molecule has 9 heavy (non-hydrogen) atoms. The molecule has 1 saturated heterocycles. The van der Waals surface area contributed by atoms with Crippen LogP contribution in [-0.4, -0.2) is 31.2 Å². The van der Waals surface area contributed by atoms with Crippen LogP contribution in [-0.2, 0) is 0 Å². The molecule has 0 radical (unpaired) electrons. The van der Waals surface area contributed by atoms with E-state index < -0.39 is 0 Å². The molecule has 0 spiro atoms. The first-order valence-corrected chi connectivity index (χ1v) is 3.60. The van der Waals surface area contributed by atoms with E-state index in [1.165, 1.54) is 37.0 Å². The Morgan fingerprint density at radius 3 is 1.89 bits per heavy atom. The average molecular weight is 195 g/mol. The zero-order chi connectivity index (χ0) is 6.04. The van der Waals surface area contributed by atoms with Crippen LogP contribution in [0.2, 0.25) is 0 Å². The van der Waals surface area contributed by atoms with E-state index in [1.807, 2.05) is 0 Å². The summed E-state index contributed by atoms with van der Waals surface area (Å²) in [6.45, 7) is 6.43. The SMILES string of the molecule is Br.CC[N+]1(C)CCCC1. The van der Waals surface area contributed by atoms with Crippen molar-refractivity contribution in [2.24, 2.45) is 0 Å². The molecule has 1 nitrogen and oxygen atoms in total. The largest absolute Gasteiger partial charge is 0.326 e. The van der Waals surface area contributed by atoms with Crippen LogP contribution in [0.25, 0.3) is 0 Å². The number of halogens is 1. The topological polar surface area (TPSA) is 0 Å². The maximum atomic E-state index is 2.35. The fourth-order valence-corrected chi connectivity index (χ4v) is 1.42. The second kappa shape index (κ2) is 3.57. The molecule has 56 valence electrons. The third-order valence-electron chi connectivity index (χ3n) is 2.41. The van der Waals surface area contributed by atoms with Gasteiger partial charge in [-0.05, 0) is 6.92 Å². The highest BCUT2D eigenvalue weighted by Crippen LogP contribution is 2.14. The molecule has 0 aromatic heterocycles. The predicted octanol–water partition coefficient (Wildman–Crippen LogP) is 1.82. The van der Waals surface area contributed by atoms with Crippen LogP contribution < -0.4 is 0 Å². The van der Waals surface area contributed by atoms with E-state index in [1.54, 1.807) is 0 Å². The Morgan fingerprint density at radius 2 is 1.67 bits per heavy atom. The summed E-state index contributed by atoms with van der Waals surface area (Å²) in [4.78, 5) is 0. The Hall–Kier alpha value is 0.440. The first-order valence-electron chi connectivity index (χ1n) is 3.60.